The Balaban J connectivity index is 1.23. The standard InChI is InChI=1S/C35H37F2N3O3/c1-22-7-6-9-24(21-22)11-20-30-40-32(35(3,36)37)31(43-30)34(42)38-28-18-16-26(17-19-28)25-12-14-27(15-13-25)33(41)39-29-10-5-4-8-23(29)2/h4-5,8,10,12-19,22,24H,6-7,9,11,20-21H2,1-3H3,(H,38,42)(H,39,41). The summed E-state index contributed by atoms with van der Waals surface area (Å²) < 4.78 is 34.4. The lowest BCUT2D eigenvalue weighted by molar-refractivity contribution is 0.0115. The normalized spacial score (nSPS) is 17.0. The van der Waals surface area contributed by atoms with E-state index in [2.05, 4.69) is 22.5 Å². The van der Waals surface area contributed by atoms with Gasteiger partial charge < -0.3 is 15.1 Å². The van der Waals surface area contributed by atoms with Gasteiger partial charge in [-0.1, -0.05) is 68.7 Å². The fourth-order valence-electron chi connectivity index (χ4n) is 5.73. The third kappa shape index (κ3) is 7.55. The zero-order valence-corrected chi connectivity index (χ0v) is 24.8. The van der Waals surface area contributed by atoms with Crippen LogP contribution in [0.2, 0.25) is 0 Å². The topological polar surface area (TPSA) is 84.2 Å². The van der Waals surface area contributed by atoms with E-state index < -0.39 is 23.3 Å². The van der Waals surface area contributed by atoms with Crippen LogP contribution in [0.4, 0.5) is 20.2 Å². The molecule has 5 rings (SSSR count). The van der Waals surface area contributed by atoms with Gasteiger partial charge in [0, 0.05) is 30.3 Å². The number of alkyl halides is 2. The molecule has 2 amide bonds. The first kappa shape index (κ1) is 30.1. The zero-order valence-electron chi connectivity index (χ0n) is 24.8. The second-order valence-electron chi connectivity index (χ2n) is 11.7. The number of halogens is 2. The van der Waals surface area contributed by atoms with E-state index in [0.29, 0.717) is 29.5 Å². The molecule has 1 fully saturated rings. The first-order chi connectivity index (χ1) is 20.6. The second kappa shape index (κ2) is 12.9. The lowest BCUT2D eigenvalue weighted by Gasteiger charge is -2.26. The van der Waals surface area contributed by atoms with Crippen LogP contribution in [0, 0.1) is 18.8 Å². The van der Waals surface area contributed by atoms with Gasteiger partial charge >= 0.3 is 0 Å². The van der Waals surface area contributed by atoms with Gasteiger partial charge in [0.25, 0.3) is 17.7 Å². The predicted molar refractivity (Wildman–Crippen MR) is 164 cm³/mol. The van der Waals surface area contributed by atoms with Gasteiger partial charge in [0.05, 0.1) is 0 Å². The highest BCUT2D eigenvalue weighted by Crippen LogP contribution is 2.34. The molecule has 0 saturated heterocycles. The van der Waals surface area contributed by atoms with Crippen molar-refractivity contribution in [2.45, 2.75) is 65.2 Å². The van der Waals surface area contributed by atoms with Crippen LogP contribution < -0.4 is 10.6 Å². The highest BCUT2D eigenvalue weighted by Gasteiger charge is 2.36. The Morgan fingerprint density at radius 1 is 0.930 bits per heavy atom. The molecule has 2 unspecified atom stereocenters. The number of nitrogens with zero attached hydrogens (tertiary/aromatic N) is 1. The van der Waals surface area contributed by atoms with Crippen molar-refractivity contribution in [3.63, 3.8) is 0 Å². The van der Waals surface area contributed by atoms with Crippen LogP contribution in [0.3, 0.4) is 0 Å². The molecular weight excluding hydrogens is 548 g/mol. The van der Waals surface area contributed by atoms with Gasteiger partial charge in [0.15, 0.2) is 11.6 Å². The number of nitrogens with one attached hydrogen (secondary N) is 2. The quantitative estimate of drug-likeness (QED) is 0.205. The van der Waals surface area contributed by atoms with Crippen molar-refractivity contribution in [3.05, 3.63) is 101 Å². The molecule has 6 nitrogen and oxygen atoms in total. The van der Waals surface area contributed by atoms with Crippen molar-refractivity contribution in [1.29, 1.82) is 0 Å². The lowest BCUT2D eigenvalue weighted by atomic mass is 9.80. The minimum Gasteiger partial charge on any atom is -0.435 e. The number of aromatic nitrogens is 1. The van der Waals surface area contributed by atoms with Gasteiger partial charge in [-0.25, -0.2) is 4.98 Å². The Kier molecular flexibility index (Phi) is 9.04. The van der Waals surface area contributed by atoms with Gasteiger partial charge in [0.2, 0.25) is 5.76 Å². The molecule has 1 aliphatic rings. The summed E-state index contributed by atoms with van der Waals surface area (Å²) in [5, 5.41) is 5.59. The first-order valence-electron chi connectivity index (χ1n) is 14.8. The van der Waals surface area contributed by atoms with Gasteiger partial charge in [-0.15, -0.1) is 0 Å². The summed E-state index contributed by atoms with van der Waals surface area (Å²) in [6, 6.07) is 21.8. The van der Waals surface area contributed by atoms with Crippen molar-refractivity contribution in [2.24, 2.45) is 11.8 Å². The summed E-state index contributed by atoms with van der Waals surface area (Å²) >= 11 is 0. The minimum atomic E-state index is -3.32. The second-order valence-corrected chi connectivity index (χ2v) is 11.7. The molecule has 2 atom stereocenters. The molecule has 0 bridgehead atoms. The number of para-hydroxylation sites is 1. The van der Waals surface area contributed by atoms with E-state index in [0.717, 1.165) is 48.6 Å². The van der Waals surface area contributed by atoms with E-state index in [1.54, 1.807) is 24.3 Å². The van der Waals surface area contributed by atoms with Crippen LogP contribution >= 0.6 is 0 Å². The van der Waals surface area contributed by atoms with E-state index in [4.69, 9.17) is 4.42 Å². The number of hydrogen-bond donors (Lipinski definition) is 2. The molecule has 1 saturated carbocycles. The van der Waals surface area contributed by atoms with Crippen LogP contribution in [0.25, 0.3) is 11.1 Å². The maximum absolute atomic E-state index is 14.4. The smallest absolute Gasteiger partial charge is 0.293 e. The molecule has 1 aliphatic carbocycles. The number of oxazole rings is 1. The van der Waals surface area contributed by atoms with E-state index >= 15 is 0 Å². The number of amides is 2. The summed E-state index contributed by atoms with van der Waals surface area (Å²) in [6.07, 6.45) is 5.88. The molecule has 43 heavy (non-hydrogen) atoms. The molecule has 1 heterocycles. The van der Waals surface area contributed by atoms with Crippen molar-refractivity contribution < 1.29 is 22.8 Å². The van der Waals surface area contributed by atoms with Crippen molar-refractivity contribution in [2.75, 3.05) is 10.6 Å². The number of carbonyl (C=O) groups is 2. The average molecular weight is 586 g/mol. The monoisotopic (exact) mass is 585 g/mol. The molecule has 3 aromatic carbocycles. The molecule has 2 N–H and O–H groups in total. The Labute approximate surface area is 250 Å². The van der Waals surface area contributed by atoms with Gasteiger partial charge in [-0.3, -0.25) is 9.59 Å². The third-order valence-electron chi connectivity index (χ3n) is 8.12. The molecule has 4 aromatic rings. The number of aryl methyl sites for hydroxylation is 2. The molecule has 224 valence electrons. The van der Waals surface area contributed by atoms with Gasteiger partial charge in [-0.2, -0.15) is 8.78 Å². The van der Waals surface area contributed by atoms with Crippen molar-refractivity contribution in [3.8, 4) is 11.1 Å². The fraction of sp³-hybridized carbons (Fsp3) is 0.343. The molecule has 0 radical (unpaired) electrons. The molecule has 0 aliphatic heterocycles. The number of carbonyl (C=O) groups excluding carboxylic acids is 2. The molecule has 0 spiro atoms. The summed E-state index contributed by atoms with van der Waals surface area (Å²) in [4.78, 5) is 29.8. The van der Waals surface area contributed by atoms with Crippen molar-refractivity contribution in [1.82, 2.24) is 4.98 Å². The number of rotatable bonds is 9. The van der Waals surface area contributed by atoms with Crippen LogP contribution in [-0.4, -0.2) is 16.8 Å². The van der Waals surface area contributed by atoms with E-state index in [1.165, 1.54) is 12.8 Å². The molecular formula is C35H37F2N3O3. The maximum Gasteiger partial charge on any atom is 0.293 e. The van der Waals surface area contributed by atoms with Crippen LogP contribution in [0.1, 0.15) is 84.0 Å². The van der Waals surface area contributed by atoms with Gasteiger partial charge in [0.1, 0.15) is 0 Å². The van der Waals surface area contributed by atoms with E-state index in [1.807, 2.05) is 55.5 Å². The highest BCUT2D eigenvalue weighted by atomic mass is 19.3. The number of hydrogen-bond acceptors (Lipinski definition) is 4. The minimum absolute atomic E-state index is 0.172. The number of benzene rings is 3. The number of anilines is 2. The third-order valence-corrected chi connectivity index (χ3v) is 8.12. The Morgan fingerprint density at radius 2 is 1.60 bits per heavy atom. The largest absolute Gasteiger partial charge is 0.435 e. The maximum atomic E-state index is 14.4. The fourth-order valence-corrected chi connectivity index (χ4v) is 5.73. The average Bonchev–Trinajstić information content (AvgIpc) is 3.43. The van der Waals surface area contributed by atoms with E-state index in [9.17, 15) is 18.4 Å². The Morgan fingerprint density at radius 3 is 2.26 bits per heavy atom. The molecule has 1 aromatic heterocycles. The Bertz CT molecular complexity index is 1570. The highest BCUT2D eigenvalue weighted by molar-refractivity contribution is 6.05. The van der Waals surface area contributed by atoms with Crippen LogP contribution in [-0.2, 0) is 12.3 Å². The van der Waals surface area contributed by atoms with Crippen LogP contribution in [0.5, 0.6) is 0 Å². The SMILES string of the molecule is Cc1ccccc1NC(=O)c1ccc(-c2ccc(NC(=O)c3oc(CCC4CCCC(C)C4)nc3C(C)(F)F)cc2)cc1. The van der Waals surface area contributed by atoms with E-state index in [-0.39, 0.29) is 11.8 Å². The Hall–Kier alpha value is -4.33. The zero-order chi connectivity index (χ0) is 30.6. The molecule has 8 heteroatoms. The summed E-state index contributed by atoms with van der Waals surface area (Å²) in [6.45, 7) is 4.90. The summed E-state index contributed by atoms with van der Waals surface area (Å²) in [5.41, 5.74) is 3.81. The predicted octanol–water partition coefficient (Wildman–Crippen LogP) is 9.03. The lowest BCUT2D eigenvalue weighted by Crippen LogP contribution is -2.18. The van der Waals surface area contributed by atoms with Crippen LogP contribution in [0.15, 0.2) is 77.2 Å². The summed E-state index contributed by atoms with van der Waals surface area (Å²) in [5.74, 6) is -3.38. The van der Waals surface area contributed by atoms with Gasteiger partial charge in [-0.05, 0) is 78.6 Å². The van der Waals surface area contributed by atoms with Crippen molar-refractivity contribution >= 4 is 23.2 Å². The first-order valence-corrected chi connectivity index (χ1v) is 14.8. The summed E-state index contributed by atoms with van der Waals surface area (Å²) in [7, 11) is 0.